The summed E-state index contributed by atoms with van der Waals surface area (Å²) >= 11 is 0. The average Bonchev–Trinajstić information content (AvgIpc) is 3.30. The molecule has 0 aromatic heterocycles. The lowest BCUT2D eigenvalue weighted by molar-refractivity contribution is -0.138. The zero-order valence-corrected chi connectivity index (χ0v) is 24.5. The fourth-order valence-corrected chi connectivity index (χ4v) is 7.78. The fourth-order valence-electron chi connectivity index (χ4n) is 7.78. The molecule has 5 rings (SSSR count). The van der Waals surface area contributed by atoms with Gasteiger partial charge in [0.05, 0.1) is 19.2 Å². The smallest absolute Gasteiger partial charge is 0.327 e. The topological polar surface area (TPSA) is 82.2 Å². The van der Waals surface area contributed by atoms with E-state index in [1.54, 1.807) is 7.11 Å². The Morgan fingerprint density at radius 2 is 1.66 bits per heavy atom. The highest BCUT2D eigenvalue weighted by molar-refractivity contribution is 6.07. The Kier molecular flexibility index (Phi) is 8.71. The van der Waals surface area contributed by atoms with Crippen molar-refractivity contribution in [3.63, 3.8) is 0 Å². The number of benzene rings is 1. The van der Waals surface area contributed by atoms with Gasteiger partial charge in [-0.05, 0) is 64.4 Å². The maximum atomic E-state index is 13.8. The van der Waals surface area contributed by atoms with Crippen molar-refractivity contribution in [3.05, 3.63) is 35.9 Å². The molecular weight excluding hydrogens is 530 g/mol. The second-order valence-electron chi connectivity index (χ2n) is 12.6. The minimum atomic E-state index is -2.67. The summed E-state index contributed by atoms with van der Waals surface area (Å²) in [5.41, 5.74) is 0.177. The monoisotopic (exact) mass is 574 g/mol. The predicted octanol–water partition coefficient (Wildman–Crippen LogP) is 4.74. The maximum absolute atomic E-state index is 13.8. The van der Waals surface area contributed by atoms with Crippen molar-refractivity contribution in [1.29, 1.82) is 0 Å². The molecule has 4 aliphatic rings. The molecule has 3 aliphatic heterocycles. The second kappa shape index (κ2) is 12.0. The second-order valence-corrected chi connectivity index (χ2v) is 12.6. The van der Waals surface area contributed by atoms with Crippen LogP contribution in [0.15, 0.2) is 30.3 Å². The molecular formula is C31H44F2N4O4. The first kappa shape index (κ1) is 29.9. The average molecular weight is 575 g/mol. The maximum Gasteiger partial charge on any atom is 0.327 e. The number of methoxy groups -OCH3 is 1. The molecule has 1 spiro atoms. The van der Waals surface area contributed by atoms with Crippen LogP contribution < -0.4 is 5.32 Å². The number of halogens is 2. The van der Waals surface area contributed by atoms with Gasteiger partial charge in [0.15, 0.2) is 0 Å². The van der Waals surface area contributed by atoms with E-state index in [1.807, 2.05) is 49.1 Å². The van der Waals surface area contributed by atoms with E-state index in [0.717, 1.165) is 24.9 Å². The van der Waals surface area contributed by atoms with Gasteiger partial charge in [-0.1, -0.05) is 30.3 Å². The van der Waals surface area contributed by atoms with Crippen LogP contribution >= 0.6 is 0 Å². The molecule has 226 valence electrons. The van der Waals surface area contributed by atoms with Crippen molar-refractivity contribution in [2.45, 2.75) is 107 Å². The van der Waals surface area contributed by atoms with Crippen LogP contribution in [0.25, 0.3) is 0 Å². The zero-order valence-electron chi connectivity index (χ0n) is 24.5. The van der Waals surface area contributed by atoms with Crippen LogP contribution in [0.4, 0.5) is 13.6 Å². The Morgan fingerprint density at radius 1 is 1.02 bits per heavy atom. The first-order valence-corrected chi connectivity index (χ1v) is 15.2. The van der Waals surface area contributed by atoms with Crippen molar-refractivity contribution in [2.75, 3.05) is 26.8 Å². The SMILES string of the molecule is COCCN1C(=O)N(C(C)C)C2(CC3CCC(C2)N3CC[C@H](NC(=O)C2CCC(F)(F)CC2)c2ccccc2)C1=O. The number of fused-ring (bicyclic) bond motifs is 2. The summed E-state index contributed by atoms with van der Waals surface area (Å²) in [7, 11) is 1.57. The van der Waals surface area contributed by atoms with E-state index in [1.165, 1.54) is 4.90 Å². The Balaban J connectivity index is 1.28. The molecule has 1 aliphatic carbocycles. The molecule has 1 aromatic rings. The first-order valence-electron chi connectivity index (χ1n) is 15.2. The molecule has 41 heavy (non-hydrogen) atoms. The molecule has 1 N–H and O–H groups in total. The van der Waals surface area contributed by atoms with Crippen LogP contribution in [0.5, 0.6) is 0 Å². The number of carbonyl (C=O) groups is 3. The van der Waals surface area contributed by atoms with Crippen molar-refractivity contribution in [2.24, 2.45) is 5.92 Å². The van der Waals surface area contributed by atoms with Crippen molar-refractivity contribution >= 4 is 17.8 Å². The van der Waals surface area contributed by atoms with Gasteiger partial charge < -0.3 is 15.0 Å². The number of nitrogens with one attached hydrogen (secondary N) is 1. The van der Waals surface area contributed by atoms with E-state index in [-0.39, 0.29) is 80.2 Å². The highest BCUT2D eigenvalue weighted by Gasteiger charge is 2.63. The third kappa shape index (κ3) is 5.87. The lowest BCUT2D eigenvalue weighted by atomic mass is 9.80. The van der Waals surface area contributed by atoms with Crippen LogP contribution in [0.2, 0.25) is 0 Å². The van der Waals surface area contributed by atoms with E-state index < -0.39 is 11.5 Å². The Hall–Kier alpha value is -2.59. The number of hydrogen-bond donors (Lipinski definition) is 1. The van der Waals surface area contributed by atoms with Gasteiger partial charge in [0.25, 0.3) is 5.91 Å². The van der Waals surface area contributed by atoms with E-state index in [2.05, 4.69) is 10.2 Å². The Bertz CT molecular complexity index is 1090. The zero-order chi connectivity index (χ0) is 29.4. The summed E-state index contributed by atoms with van der Waals surface area (Å²) in [5.74, 6) is -3.30. The number of imide groups is 1. The lowest BCUT2D eigenvalue weighted by Crippen LogP contribution is -2.61. The minimum Gasteiger partial charge on any atom is -0.383 e. The van der Waals surface area contributed by atoms with Crippen molar-refractivity contribution in [3.8, 4) is 0 Å². The highest BCUT2D eigenvalue weighted by atomic mass is 19.3. The summed E-state index contributed by atoms with van der Waals surface area (Å²) in [6.45, 7) is 5.26. The number of nitrogens with zero attached hydrogens (tertiary/aromatic N) is 3. The van der Waals surface area contributed by atoms with Gasteiger partial charge in [-0.25, -0.2) is 13.6 Å². The standard InChI is InChI=1S/C31H44F2N4O4/c1-21(2)37-29(40)36(17-18-41-3)28(39)30(37)19-24-9-10-25(20-30)35(24)16-13-26(22-7-5-4-6-8-22)34-27(38)23-11-14-31(32,33)15-12-23/h4-8,21,23-26H,9-20H2,1-3H3,(H,34,38)/t24?,25?,26-,30?/m0/s1. The highest BCUT2D eigenvalue weighted by Crippen LogP contribution is 2.48. The fraction of sp³-hybridized carbons (Fsp3) is 0.710. The van der Waals surface area contributed by atoms with Crippen LogP contribution in [0, 0.1) is 5.92 Å². The summed E-state index contributed by atoms with van der Waals surface area (Å²) in [6.07, 6.45) is 3.77. The summed E-state index contributed by atoms with van der Waals surface area (Å²) in [6, 6.07) is 9.62. The minimum absolute atomic E-state index is 0.0950. The number of amides is 4. The van der Waals surface area contributed by atoms with Crippen molar-refractivity contribution < 1.29 is 27.9 Å². The van der Waals surface area contributed by atoms with Crippen LogP contribution in [-0.2, 0) is 14.3 Å². The number of urea groups is 1. The molecule has 3 heterocycles. The van der Waals surface area contributed by atoms with Gasteiger partial charge in [-0.3, -0.25) is 19.4 Å². The Morgan fingerprint density at radius 3 is 2.24 bits per heavy atom. The summed E-state index contributed by atoms with van der Waals surface area (Å²) < 4.78 is 32.5. The number of alkyl halides is 2. The van der Waals surface area contributed by atoms with Gasteiger partial charge in [0.2, 0.25) is 11.8 Å². The molecule has 10 heteroatoms. The number of hydrogen-bond acceptors (Lipinski definition) is 5. The number of carbonyl (C=O) groups excluding carboxylic acids is 3. The molecule has 3 atom stereocenters. The van der Waals surface area contributed by atoms with Gasteiger partial charge in [0.1, 0.15) is 5.54 Å². The molecule has 2 unspecified atom stereocenters. The summed E-state index contributed by atoms with van der Waals surface area (Å²) in [4.78, 5) is 46.0. The van der Waals surface area contributed by atoms with Gasteiger partial charge >= 0.3 is 6.03 Å². The molecule has 3 saturated heterocycles. The van der Waals surface area contributed by atoms with Crippen LogP contribution in [0.3, 0.4) is 0 Å². The van der Waals surface area contributed by atoms with E-state index >= 15 is 0 Å². The molecule has 8 nitrogen and oxygen atoms in total. The normalized spacial score (nSPS) is 29.1. The first-order chi connectivity index (χ1) is 19.6. The number of rotatable bonds is 10. The summed E-state index contributed by atoms with van der Waals surface area (Å²) in [5, 5.41) is 3.19. The number of ether oxygens (including phenoxy) is 1. The van der Waals surface area contributed by atoms with Crippen molar-refractivity contribution in [1.82, 2.24) is 20.0 Å². The van der Waals surface area contributed by atoms with Gasteiger partial charge in [-0.15, -0.1) is 0 Å². The third-order valence-corrected chi connectivity index (χ3v) is 9.78. The van der Waals surface area contributed by atoms with E-state index in [0.29, 0.717) is 25.9 Å². The Labute approximate surface area is 241 Å². The third-order valence-electron chi connectivity index (χ3n) is 9.78. The molecule has 4 amide bonds. The lowest BCUT2D eigenvalue weighted by Gasteiger charge is -2.48. The molecule has 2 bridgehead atoms. The molecule has 1 aromatic carbocycles. The quantitative estimate of drug-likeness (QED) is 0.408. The van der Waals surface area contributed by atoms with Crippen LogP contribution in [0.1, 0.15) is 83.2 Å². The molecule has 4 fully saturated rings. The van der Waals surface area contributed by atoms with E-state index in [4.69, 9.17) is 4.74 Å². The molecule has 0 radical (unpaired) electrons. The van der Waals surface area contributed by atoms with E-state index in [9.17, 15) is 23.2 Å². The van der Waals surface area contributed by atoms with Gasteiger partial charge in [-0.2, -0.15) is 0 Å². The largest absolute Gasteiger partial charge is 0.383 e. The van der Waals surface area contributed by atoms with Gasteiger partial charge in [0, 0.05) is 50.5 Å². The number of piperidine rings is 1. The predicted molar refractivity (Wildman–Crippen MR) is 150 cm³/mol. The van der Waals surface area contributed by atoms with Crippen LogP contribution in [-0.4, -0.2) is 88.9 Å². The molecule has 1 saturated carbocycles.